The Kier molecular flexibility index (Phi) is 7.26. The Balaban J connectivity index is 1.19. The van der Waals surface area contributed by atoms with Crippen molar-refractivity contribution in [2.75, 3.05) is 56.7 Å². The van der Waals surface area contributed by atoms with Crippen molar-refractivity contribution in [3.05, 3.63) is 41.9 Å². The van der Waals surface area contributed by atoms with E-state index in [1.807, 2.05) is 24.5 Å². The smallest absolute Gasteiger partial charge is 0.257 e. The van der Waals surface area contributed by atoms with Gasteiger partial charge in [-0.05, 0) is 82.2 Å². The number of anilines is 2. The number of nitrogens with one attached hydrogen (secondary N) is 1. The normalized spacial score (nSPS) is 18.4. The van der Waals surface area contributed by atoms with Gasteiger partial charge in [-0.1, -0.05) is 0 Å². The molecule has 37 heavy (non-hydrogen) atoms. The molecule has 6 rings (SSSR count). The van der Waals surface area contributed by atoms with Crippen LogP contribution in [0.25, 0.3) is 11.0 Å². The number of hydrogen-bond acceptors (Lipinski definition) is 8. The summed E-state index contributed by atoms with van der Waals surface area (Å²) < 4.78 is 11.9. The first kappa shape index (κ1) is 24.2. The van der Waals surface area contributed by atoms with Crippen molar-refractivity contribution in [1.29, 1.82) is 0 Å². The number of likely N-dealkylation sites (tertiary alicyclic amines) is 1. The minimum Gasteiger partial charge on any atom is -0.488 e. The summed E-state index contributed by atoms with van der Waals surface area (Å²) in [5.41, 5.74) is 6.68. The second kappa shape index (κ2) is 11.1. The number of ether oxygens (including phenoxy) is 2. The van der Waals surface area contributed by atoms with Gasteiger partial charge in [-0.3, -0.25) is 9.97 Å². The maximum atomic E-state index is 6.17. The number of piperidine rings is 1. The van der Waals surface area contributed by atoms with Gasteiger partial charge in [0.25, 0.3) is 5.88 Å². The van der Waals surface area contributed by atoms with Crippen molar-refractivity contribution in [2.24, 2.45) is 0 Å². The fourth-order valence-corrected chi connectivity index (χ4v) is 6.05. The van der Waals surface area contributed by atoms with Gasteiger partial charge in [0.2, 0.25) is 0 Å². The van der Waals surface area contributed by atoms with E-state index in [4.69, 9.17) is 19.4 Å². The largest absolute Gasteiger partial charge is 0.488 e. The van der Waals surface area contributed by atoms with Crippen LogP contribution in [0.5, 0.6) is 11.6 Å². The number of methoxy groups -OCH3 is 1. The lowest BCUT2D eigenvalue weighted by Crippen LogP contribution is -2.39. The van der Waals surface area contributed by atoms with Gasteiger partial charge in [-0.2, -0.15) is 0 Å². The molecule has 3 aromatic rings. The average Bonchev–Trinajstić information content (AvgIpc) is 3.64. The van der Waals surface area contributed by atoms with Crippen LogP contribution in [0.4, 0.5) is 11.4 Å². The van der Waals surface area contributed by atoms with E-state index >= 15 is 0 Å². The summed E-state index contributed by atoms with van der Waals surface area (Å²) in [6.07, 6.45) is 12.8. The number of hydrogen-bond donors (Lipinski definition) is 1. The van der Waals surface area contributed by atoms with Crippen LogP contribution in [-0.4, -0.2) is 72.3 Å². The summed E-state index contributed by atoms with van der Waals surface area (Å²) >= 11 is 0. The molecule has 0 aromatic carbocycles. The van der Waals surface area contributed by atoms with Crippen molar-refractivity contribution < 1.29 is 9.47 Å². The number of aromatic nitrogens is 3. The lowest BCUT2D eigenvalue weighted by atomic mass is 10.0. The maximum Gasteiger partial charge on any atom is 0.257 e. The van der Waals surface area contributed by atoms with Crippen molar-refractivity contribution >= 4 is 22.4 Å². The van der Waals surface area contributed by atoms with E-state index in [1.54, 1.807) is 7.11 Å². The van der Waals surface area contributed by atoms with Crippen molar-refractivity contribution in [3.8, 4) is 11.6 Å². The van der Waals surface area contributed by atoms with Gasteiger partial charge in [0.15, 0.2) is 5.75 Å². The molecule has 1 aliphatic carbocycles. The van der Waals surface area contributed by atoms with E-state index in [1.165, 1.54) is 42.9 Å². The molecule has 2 fully saturated rings. The van der Waals surface area contributed by atoms with E-state index in [-0.39, 0.29) is 0 Å². The first-order valence-electron chi connectivity index (χ1n) is 14.0. The van der Waals surface area contributed by atoms with Crippen LogP contribution in [-0.2, 0) is 12.8 Å². The zero-order valence-electron chi connectivity index (χ0n) is 21.9. The van der Waals surface area contributed by atoms with E-state index in [0.717, 1.165) is 74.9 Å². The number of aryl methyl sites for hydroxylation is 1. The zero-order chi connectivity index (χ0) is 25.0. The monoisotopic (exact) mass is 502 g/mol. The molecule has 0 bridgehead atoms. The molecule has 0 saturated carbocycles. The van der Waals surface area contributed by atoms with E-state index in [9.17, 15) is 0 Å². The van der Waals surface area contributed by atoms with Crippen LogP contribution in [0.15, 0.2) is 30.6 Å². The van der Waals surface area contributed by atoms with Crippen LogP contribution >= 0.6 is 0 Å². The SMILES string of the molecule is COc1nc2c(NC3CCN(c4cccnc4)CC3)c3c(nc2cc1OCCCN1CCCC1)CCC3. The Hall–Kier alpha value is -3.13. The first-order valence-corrected chi connectivity index (χ1v) is 14.0. The molecule has 8 heteroatoms. The van der Waals surface area contributed by atoms with Crippen LogP contribution in [0.3, 0.4) is 0 Å². The van der Waals surface area contributed by atoms with Crippen LogP contribution in [0.1, 0.15) is 49.8 Å². The predicted octanol–water partition coefficient (Wildman–Crippen LogP) is 4.47. The Morgan fingerprint density at radius 1 is 1.05 bits per heavy atom. The molecule has 0 radical (unpaired) electrons. The molecule has 3 aromatic heterocycles. The fraction of sp³-hybridized carbons (Fsp3) is 0.552. The third kappa shape index (κ3) is 5.30. The van der Waals surface area contributed by atoms with Gasteiger partial charge in [-0.15, -0.1) is 0 Å². The third-order valence-electron chi connectivity index (χ3n) is 8.04. The Labute approximate surface area is 219 Å². The van der Waals surface area contributed by atoms with E-state index < -0.39 is 0 Å². The quantitative estimate of drug-likeness (QED) is 0.430. The molecule has 8 nitrogen and oxygen atoms in total. The third-order valence-corrected chi connectivity index (χ3v) is 8.04. The molecule has 196 valence electrons. The highest BCUT2D eigenvalue weighted by molar-refractivity contribution is 5.92. The van der Waals surface area contributed by atoms with Gasteiger partial charge in [-0.25, -0.2) is 4.98 Å². The second-order valence-corrected chi connectivity index (χ2v) is 10.5. The highest BCUT2D eigenvalue weighted by Crippen LogP contribution is 2.38. The van der Waals surface area contributed by atoms with Crippen LogP contribution in [0, 0.1) is 0 Å². The molecule has 0 unspecified atom stereocenters. The molecule has 0 atom stereocenters. The molecule has 1 N–H and O–H groups in total. The maximum absolute atomic E-state index is 6.17. The zero-order valence-corrected chi connectivity index (χ0v) is 21.9. The van der Waals surface area contributed by atoms with Gasteiger partial charge < -0.3 is 24.6 Å². The lowest BCUT2D eigenvalue weighted by Gasteiger charge is -2.34. The minimum atomic E-state index is 0.400. The molecule has 0 spiro atoms. The standard InChI is InChI=1S/C29H38N6O2/c1-36-29-26(37-18-6-15-34-13-2-3-14-34)19-25-28(33-29)27(23-8-4-9-24(23)32-25)31-21-10-16-35(17-11-21)22-7-5-12-30-20-22/h5,7,12,19-21H,2-4,6,8-11,13-18H2,1H3,(H,31,32). The number of nitrogens with zero attached hydrogens (tertiary/aromatic N) is 5. The molecule has 2 aliphatic heterocycles. The van der Waals surface area contributed by atoms with E-state index in [2.05, 4.69) is 26.2 Å². The Morgan fingerprint density at radius 3 is 2.70 bits per heavy atom. The highest BCUT2D eigenvalue weighted by atomic mass is 16.5. The average molecular weight is 503 g/mol. The number of pyridine rings is 3. The summed E-state index contributed by atoms with van der Waals surface area (Å²) in [6.45, 7) is 6.21. The topological polar surface area (TPSA) is 75.6 Å². The molecule has 2 saturated heterocycles. The summed E-state index contributed by atoms with van der Waals surface area (Å²) in [5, 5.41) is 3.90. The van der Waals surface area contributed by atoms with Gasteiger partial charge in [0, 0.05) is 43.6 Å². The van der Waals surface area contributed by atoms with Crippen molar-refractivity contribution in [3.63, 3.8) is 0 Å². The minimum absolute atomic E-state index is 0.400. The summed E-state index contributed by atoms with van der Waals surface area (Å²) in [6, 6.07) is 6.59. The molecular weight excluding hydrogens is 464 g/mol. The predicted molar refractivity (Wildman–Crippen MR) is 147 cm³/mol. The summed E-state index contributed by atoms with van der Waals surface area (Å²) in [5.74, 6) is 1.24. The van der Waals surface area contributed by atoms with Gasteiger partial charge in [0.1, 0.15) is 5.52 Å². The molecular formula is C29H38N6O2. The number of fused-ring (bicyclic) bond motifs is 2. The number of rotatable bonds is 9. The summed E-state index contributed by atoms with van der Waals surface area (Å²) in [4.78, 5) is 19.2. The molecule has 5 heterocycles. The fourth-order valence-electron chi connectivity index (χ4n) is 6.05. The Morgan fingerprint density at radius 2 is 1.92 bits per heavy atom. The van der Waals surface area contributed by atoms with Crippen molar-refractivity contribution in [1.82, 2.24) is 19.9 Å². The van der Waals surface area contributed by atoms with Gasteiger partial charge in [0.05, 0.1) is 36.8 Å². The summed E-state index contributed by atoms with van der Waals surface area (Å²) in [7, 11) is 1.67. The van der Waals surface area contributed by atoms with E-state index in [0.29, 0.717) is 24.3 Å². The van der Waals surface area contributed by atoms with Crippen LogP contribution < -0.4 is 19.7 Å². The lowest BCUT2D eigenvalue weighted by molar-refractivity contribution is 0.252. The van der Waals surface area contributed by atoms with Crippen LogP contribution in [0.2, 0.25) is 0 Å². The Bertz CT molecular complexity index is 1210. The highest BCUT2D eigenvalue weighted by Gasteiger charge is 2.26. The van der Waals surface area contributed by atoms with Crippen molar-refractivity contribution in [2.45, 2.75) is 57.4 Å². The second-order valence-electron chi connectivity index (χ2n) is 10.5. The van der Waals surface area contributed by atoms with Gasteiger partial charge >= 0.3 is 0 Å². The first-order chi connectivity index (χ1) is 18.3. The molecule has 3 aliphatic rings. The molecule has 0 amide bonds.